The summed E-state index contributed by atoms with van der Waals surface area (Å²) in [6.45, 7) is 3.74. The lowest BCUT2D eigenvalue weighted by Gasteiger charge is -2.35. The van der Waals surface area contributed by atoms with Gasteiger partial charge in [-0.05, 0) is 24.2 Å². The van der Waals surface area contributed by atoms with Crippen LogP contribution in [-0.4, -0.2) is 20.0 Å². The van der Waals surface area contributed by atoms with Gasteiger partial charge in [0.05, 0.1) is 5.75 Å². The number of carbonyl (C=O) groups excluding carboxylic acids is 1. The zero-order chi connectivity index (χ0) is 12.2. The van der Waals surface area contributed by atoms with Gasteiger partial charge < -0.3 is 0 Å². The van der Waals surface area contributed by atoms with Crippen LogP contribution in [0.4, 0.5) is 0 Å². The third-order valence-electron chi connectivity index (χ3n) is 4.82. The van der Waals surface area contributed by atoms with Gasteiger partial charge in [0.1, 0.15) is 5.78 Å². The topological polar surface area (TPSA) is 86.5 Å². The number of Topliss-reactive ketones (excluding diaryl/α,β-unsaturated/α-hetero) is 1. The van der Waals surface area contributed by atoms with Gasteiger partial charge in [-0.2, -0.15) is 18.6 Å². The number of fused-ring (bicyclic) bond motifs is 2. The first-order valence-corrected chi connectivity index (χ1v) is 6.97. The molecule has 0 spiro atoms. The molecule has 3 unspecified atom stereocenters. The van der Waals surface area contributed by atoms with Gasteiger partial charge in [-0.15, -0.1) is 0 Å². The second-order valence-corrected chi connectivity index (χ2v) is 7.01. The van der Waals surface area contributed by atoms with Gasteiger partial charge in [-0.1, -0.05) is 13.8 Å². The van der Waals surface area contributed by atoms with Crippen LogP contribution in [0.1, 0.15) is 33.1 Å². The lowest BCUT2D eigenvalue weighted by atomic mass is 9.70. The minimum absolute atomic E-state index is 0.148. The Morgan fingerprint density at radius 3 is 2.50 bits per heavy atom. The zero-order valence-electron chi connectivity index (χ0n) is 9.52. The smallest absolute Gasteiger partial charge is 0.283 e. The van der Waals surface area contributed by atoms with E-state index in [0.717, 1.165) is 12.8 Å². The van der Waals surface area contributed by atoms with E-state index in [-0.39, 0.29) is 17.5 Å². The summed E-state index contributed by atoms with van der Waals surface area (Å²) in [6, 6.07) is 0. The number of hydrogen-bond acceptors (Lipinski definition) is 5. The summed E-state index contributed by atoms with van der Waals surface area (Å²) < 4.78 is 27.0. The fourth-order valence-corrected chi connectivity index (χ4v) is 4.79. The van der Waals surface area contributed by atoms with Crippen LogP contribution in [0, 0.1) is 16.7 Å². The van der Waals surface area contributed by atoms with E-state index >= 15 is 0 Å². The highest BCUT2D eigenvalue weighted by atomic mass is 32.2. The van der Waals surface area contributed by atoms with Crippen molar-refractivity contribution in [3.05, 3.63) is 0 Å². The fraction of sp³-hybridized carbons (Fsp3) is 0.900. The highest BCUT2D eigenvalue weighted by Gasteiger charge is 2.65. The second kappa shape index (κ2) is 3.27. The average Bonchev–Trinajstić information content (AvgIpc) is 2.51. The van der Waals surface area contributed by atoms with E-state index in [2.05, 4.69) is 4.28 Å². The molecule has 92 valence electrons. The van der Waals surface area contributed by atoms with E-state index in [1.807, 2.05) is 13.8 Å². The van der Waals surface area contributed by atoms with Gasteiger partial charge in [-0.25, -0.2) is 0 Å². The molecule has 0 amide bonds. The summed E-state index contributed by atoms with van der Waals surface area (Å²) in [5.41, 5.74) is -1.05. The lowest BCUT2D eigenvalue weighted by Crippen LogP contribution is -2.41. The molecule has 0 aromatic rings. The molecule has 2 fully saturated rings. The van der Waals surface area contributed by atoms with Crippen molar-refractivity contribution in [2.75, 3.05) is 5.75 Å². The van der Waals surface area contributed by atoms with Crippen LogP contribution < -0.4 is 5.90 Å². The van der Waals surface area contributed by atoms with Gasteiger partial charge in [0, 0.05) is 11.8 Å². The van der Waals surface area contributed by atoms with Crippen LogP contribution in [0.25, 0.3) is 0 Å². The Balaban J connectivity index is 2.37. The first-order valence-electron chi connectivity index (χ1n) is 5.39. The summed E-state index contributed by atoms with van der Waals surface area (Å²) in [4.78, 5) is 11.9. The molecule has 2 aliphatic carbocycles. The standard InChI is InChI=1S/C10H17NO4S/c1-9-4-3-7(5-8(9)12)10(9,2)6-16(13,14)15-11/h7H,3-6,11H2,1-2H3. The molecule has 0 radical (unpaired) electrons. The van der Waals surface area contributed by atoms with E-state index in [4.69, 9.17) is 5.90 Å². The van der Waals surface area contributed by atoms with Crippen molar-refractivity contribution >= 4 is 15.9 Å². The van der Waals surface area contributed by atoms with Crippen LogP contribution in [0.15, 0.2) is 0 Å². The fourth-order valence-electron chi connectivity index (χ4n) is 3.43. The number of carbonyl (C=O) groups is 1. The van der Waals surface area contributed by atoms with Crippen molar-refractivity contribution in [1.29, 1.82) is 0 Å². The SMILES string of the molecule is CC12CCC(CC1=O)C2(C)CS(=O)(=O)ON. The number of ketones is 1. The molecular formula is C10H17NO4S. The van der Waals surface area contributed by atoms with Gasteiger partial charge in [0.15, 0.2) is 0 Å². The van der Waals surface area contributed by atoms with Crippen molar-refractivity contribution in [1.82, 2.24) is 0 Å². The van der Waals surface area contributed by atoms with E-state index in [1.54, 1.807) is 0 Å². The zero-order valence-corrected chi connectivity index (χ0v) is 10.3. The monoisotopic (exact) mass is 247 g/mol. The molecule has 0 heterocycles. The molecule has 0 saturated heterocycles. The van der Waals surface area contributed by atoms with E-state index in [9.17, 15) is 13.2 Å². The van der Waals surface area contributed by atoms with Crippen molar-refractivity contribution < 1.29 is 17.5 Å². The third kappa shape index (κ3) is 1.36. The molecule has 2 rings (SSSR count). The number of hydrogen-bond donors (Lipinski definition) is 1. The predicted molar refractivity (Wildman–Crippen MR) is 57.6 cm³/mol. The molecule has 2 aliphatic rings. The van der Waals surface area contributed by atoms with Crippen LogP contribution >= 0.6 is 0 Å². The summed E-state index contributed by atoms with van der Waals surface area (Å²) in [6.07, 6.45) is 2.18. The minimum Gasteiger partial charge on any atom is -0.299 e. The molecule has 3 atom stereocenters. The maximum Gasteiger partial charge on any atom is 0.283 e. The second-order valence-electron chi connectivity index (χ2n) is 5.41. The predicted octanol–water partition coefficient (Wildman–Crippen LogP) is 0.602. The summed E-state index contributed by atoms with van der Waals surface area (Å²) >= 11 is 0. The summed E-state index contributed by atoms with van der Waals surface area (Å²) in [5.74, 6) is 4.92. The first kappa shape index (κ1) is 12.0. The van der Waals surface area contributed by atoms with Crippen molar-refractivity contribution in [3.63, 3.8) is 0 Å². The molecule has 2 N–H and O–H groups in total. The molecule has 5 nitrogen and oxygen atoms in total. The van der Waals surface area contributed by atoms with Crippen LogP contribution in [0.2, 0.25) is 0 Å². The Bertz CT molecular complexity index is 432. The molecule has 6 heteroatoms. The molecule has 2 saturated carbocycles. The van der Waals surface area contributed by atoms with Crippen molar-refractivity contribution in [2.24, 2.45) is 22.6 Å². The Labute approximate surface area is 95.4 Å². The Kier molecular flexibility index (Phi) is 2.46. The number of rotatable bonds is 3. The molecular weight excluding hydrogens is 230 g/mol. The maximum absolute atomic E-state index is 11.9. The molecule has 16 heavy (non-hydrogen) atoms. The molecule has 0 aromatic carbocycles. The Morgan fingerprint density at radius 1 is 1.50 bits per heavy atom. The Hall–Kier alpha value is -0.460. The molecule has 0 aliphatic heterocycles. The number of nitrogens with two attached hydrogens (primary N) is 1. The minimum atomic E-state index is -3.72. The quantitative estimate of drug-likeness (QED) is 0.738. The Morgan fingerprint density at radius 2 is 2.12 bits per heavy atom. The van der Waals surface area contributed by atoms with E-state index in [1.165, 1.54) is 0 Å². The third-order valence-corrected chi connectivity index (χ3v) is 6.07. The van der Waals surface area contributed by atoms with Gasteiger partial charge in [-0.3, -0.25) is 4.79 Å². The lowest BCUT2D eigenvalue weighted by molar-refractivity contribution is -0.128. The van der Waals surface area contributed by atoms with Crippen LogP contribution in [-0.2, 0) is 19.2 Å². The highest BCUT2D eigenvalue weighted by Crippen LogP contribution is 2.64. The van der Waals surface area contributed by atoms with Gasteiger partial charge in [0.2, 0.25) is 0 Å². The van der Waals surface area contributed by atoms with E-state index in [0.29, 0.717) is 6.42 Å². The maximum atomic E-state index is 11.9. The van der Waals surface area contributed by atoms with Gasteiger partial charge >= 0.3 is 0 Å². The highest BCUT2D eigenvalue weighted by molar-refractivity contribution is 7.86. The molecule has 0 aromatic heterocycles. The van der Waals surface area contributed by atoms with Crippen molar-refractivity contribution in [3.8, 4) is 0 Å². The molecule has 2 bridgehead atoms. The summed E-state index contributed by atoms with van der Waals surface area (Å²) in [7, 11) is -3.72. The first-order chi connectivity index (χ1) is 7.25. The van der Waals surface area contributed by atoms with Crippen molar-refractivity contribution in [2.45, 2.75) is 33.1 Å². The van der Waals surface area contributed by atoms with Gasteiger partial charge in [0.25, 0.3) is 10.1 Å². The summed E-state index contributed by atoms with van der Waals surface area (Å²) in [5, 5.41) is 0. The average molecular weight is 247 g/mol. The largest absolute Gasteiger partial charge is 0.299 e. The van der Waals surface area contributed by atoms with E-state index < -0.39 is 20.9 Å². The van der Waals surface area contributed by atoms with Crippen LogP contribution in [0.5, 0.6) is 0 Å². The van der Waals surface area contributed by atoms with Crippen LogP contribution in [0.3, 0.4) is 0 Å². The normalized spacial score (nSPS) is 42.9.